The van der Waals surface area contributed by atoms with Crippen LogP contribution in [0.1, 0.15) is 64.2 Å². The highest BCUT2D eigenvalue weighted by Gasteiger charge is 2.52. The standard InChI is InChI=1S/C21H25ClO4S/c1-20(2)7-11(23)17(12(24)8-20)19(15-5-6-16(22)27-15)18-13(25)9-21(3,4)10-14(18)26/h5-6,17-19H,7-10H2,1-4H3. The Balaban J connectivity index is 2.05. The Kier molecular flexibility index (Phi) is 5.23. The molecule has 2 aliphatic carbocycles. The van der Waals surface area contributed by atoms with Gasteiger partial charge in [-0.1, -0.05) is 39.3 Å². The van der Waals surface area contributed by atoms with Crippen molar-refractivity contribution in [2.45, 2.75) is 59.3 Å². The molecule has 1 aromatic heterocycles. The molecule has 0 unspecified atom stereocenters. The molecule has 2 saturated carbocycles. The van der Waals surface area contributed by atoms with Gasteiger partial charge < -0.3 is 0 Å². The van der Waals surface area contributed by atoms with Crippen LogP contribution in [0.25, 0.3) is 0 Å². The molecular formula is C21H25ClO4S. The van der Waals surface area contributed by atoms with Crippen LogP contribution in [0.2, 0.25) is 4.34 Å². The molecule has 0 bridgehead atoms. The molecule has 0 radical (unpaired) electrons. The van der Waals surface area contributed by atoms with Crippen molar-refractivity contribution in [2.75, 3.05) is 0 Å². The van der Waals surface area contributed by atoms with Gasteiger partial charge in [0.2, 0.25) is 0 Å². The summed E-state index contributed by atoms with van der Waals surface area (Å²) in [6.07, 6.45) is 1.11. The van der Waals surface area contributed by atoms with Gasteiger partial charge >= 0.3 is 0 Å². The lowest BCUT2D eigenvalue weighted by molar-refractivity contribution is -0.145. The number of Topliss-reactive ketones (excluding diaryl/α,β-unsaturated/α-hetero) is 4. The van der Waals surface area contributed by atoms with Crippen LogP contribution in [0.15, 0.2) is 12.1 Å². The van der Waals surface area contributed by atoms with E-state index in [9.17, 15) is 19.2 Å². The van der Waals surface area contributed by atoms with Crippen molar-refractivity contribution in [1.29, 1.82) is 0 Å². The van der Waals surface area contributed by atoms with Crippen LogP contribution in [-0.2, 0) is 19.2 Å². The number of halogens is 1. The third kappa shape index (κ3) is 4.09. The van der Waals surface area contributed by atoms with Gasteiger partial charge in [-0.3, -0.25) is 19.2 Å². The molecule has 0 spiro atoms. The van der Waals surface area contributed by atoms with E-state index in [1.165, 1.54) is 11.3 Å². The molecule has 1 heterocycles. The quantitative estimate of drug-likeness (QED) is 0.683. The third-order valence-corrected chi connectivity index (χ3v) is 6.97. The molecule has 4 nitrogen and oxygen atoms in total. The highest BCUT2D eigenvalue weighted by Crippen LogP contribution is 2.48. The summed E-state index contributed by atoms with van der Waals surface area (Å²) in [5, 5.41) is 0. The molecule has 1 aromatic rings. The zero-order valence-corrected chi connectivity index (χ0v) is 17.7. The minimum Gasteiger partial charge on any atom is -0.299 e. The normalized spacial score (nSPS) is 24.1. The molecule has 2 aliphatic rings. The number of hydrogen-bond donors (Lipinski definition) is 0. The average Bonchev–Trinajstić information content (AvgIpc) is 2.87. The van der Waals surface area contributed by atoms with Gasteiger partial charge in [0.25, 0.3) is 0 Å². The maximum Gasteiger partial charge on any atom is 0.144 e. The highest BCUT2D eigenvalue weighted by molar-refractivity contribution is 7.16. The molecule has 0 aliphatic heterocycles. The molecule has 0 aromatic carbocycles. The molecular weight excluding hydrogens is 384 g/mol. The Labute approximate surface area is 168 Å². The van der Waals surface area contributed by atoms with Gasteiger partial charge in [-0.05, 0) is 23.0 Å². The largest absolute Gasteiger partial charge is 0.299 e. The molecule has 0 saturated heterocycles. The van der Waals surface area contributed by atoms with E-state index in [1.54, 1.807) is 12.1 Å². The summed E-state index contributed by atoms with van der Waals surface area (Å²) in [6, 6.07) is 3.44. The SMILES string of the molecule is CC1(C)CC(=O)C(C(c2ccc(Cl)s2)C2C(=O)CC(C)(C)CC2=O)C(=O)C1. The Bertz CT molecular complexity index is 732. The zero-order chi connectivity index (χ0) is 20.1. The molecule has 0 N–H and O–H groups in total. The van der Waals surface area contributed by atoms with Gasteiger partial charge in [0, 0.05) is 36.5 Å². The van der Waals surface area contributed by atoms with Gasteiger partial charge in [-0.2, -0.15) is 0 Å². The summed E-state index contributed by atoms with van der Waals surface area (Å²) < 4.78 is 0.516. The second kappa shape index (κ2) is 6.93. The Morgan fingerprint density at radius 2 is 1.19 bits per heavy atom. The van der Waals surface area contributed by atoms with E-state index in [-0.39, 0.29) is 59.6 Å². The highest BCUT2D eigenvalue weighted by atomic mass is 35.5. The minimum atomic E-state index is -0.938. The van der Waals surface area contributed by atoms with E-state index < -0.39 is 17.8 Å². The number of carbonyl (C=O) groups is 4. The van der Waals surface area contributed by atoms with Crippen molar-refractivity contribution >= 4 is 46.1 Å². The van der Waals surface area contributed by atoms with E-state index in [0.29, 0.717) is 9.21 Å². The molecule has 2 fully saturated rings. The van der Waals surface area contributed by atoms with Crippen molar-refractivity contribution in [3.8, 4) is 0 Å². The number of thiophene rings is 1. The lowest BCUT2D eigenvalue weighted by atomic mass is 9.60. The molecule has 27 heavy (non-hydrogen) atoms. The van der Waals surface area contributed by atoms with Crippen LogP contribution >= 0.6 is 22.9 Å². The van der Waals surface area contributed by atoms with Gasteiger partial charge in [-0.25, -0.2) is 0 Å². The Morgan fingerprint density at radius 3 is 1.48 bits per heavy atom. The van der Waals surface area contributed by atoms with Crippen LogP contribution in [0.5, 0.6) is 0 Å². The van der Waals surface area contributed by atoms with Gasteiger partial charge in [-0.15, -0.1) is 11.3 Å². The summed E-state index contributed by atoms with van der Waals surface area (Å²) in [7, 11) is 0. The average molecular weight is 409 g/mol. The Morgan fingerprint density at radius 1 is 0.815 bits per heavy atom. The summed E-state index contributed by atoms with van der Waals surface area (Å²) >= 11 is 7.34. The number of carbonyl (C=O) groups excluding carboxylic acids is 4. The molecule has 3 rings (SSSR count). The first-order chi connectivity index (χ1) is 12.4. The lowest BCUT2D eigenvalue weighted by Crippen LogP contribution is -2.48. The summed E-state index contributed by atoms with van der Waals surface area (Å²) in [5.74, 6) is -3.28. The summed E-state index contributed by atoms with van der Waals surface area (Å²) in [4.78, 5) is 52.5. The molecule has 0 amide bonds. The van der Waals surface area contributed by atoms with E-state index in [1.807, 2.05) is 27.7 Å². The molecule has 146 valence electrons. The number of ketones is 4. The van der Waals surface area contributed by atoms with Gasteiger partial charge in [0.05, 0.1) is 16.2 Å². The van der Waals surface area contributed by atoms with Crippen LogP contribution in [0.3, 0.4) is 0 Å². The van der Waals surface area contributed by atoms with Crippen LogP contribution in [-0.4, -0.2) is 23.1 Å². The van der Waals surface area contributed by atoms with Gasteiger partial charge in [0.1, 0.15) is 23.1 Å². The topological polar surface area (TPSA) is 68.3 Å². The van der Waals surface area contributed by atoms with Crippen LogP contribution < -0.4 is 0 Å². The summed E-state index contributed by atoms with van der Waals surface area (Å²) in [5.41, 5.74) is -0.768. The Hall–Kier alpha value is -1.33. The predicted octanol–water partition coefficient (Wildman–Crippen LogP) is 4.63. The third-order valence-electron chi connectivity index (χ3n) is 5.64. The smallest absolute Gasteiger partial charge is 0.144 e. The fourth-order valence-corrected chi connectivity index (χ4v) is 5.88. The van der Waals surface area contributed by atoms with E-state index in [4.69, 9.17) is 11.6 Å². The minimum absolute atomic E-state index is 0.170. The number of hydrogen-bond acceptors (Lipinski definition) is 5. The second-order valence-electron chi connectivity index (χ2n) is 9.52. The van der Waals surface area contributed by atoms with Crippen LogP contribution in [0.4, 0.5) is 0 Å². The first-order valence-electron chi connectivity index (χ1n) is 9.26. The van der Waals surface area contributed by atoms with E-state index in [2.05, 4.69) is 0 Å². The first-order valence-corrected chi connectivity index (χ1v) is 10.5. The summed E-state index contributed by atoms with van der Waals surface area (Å²) in [6.45, 7) is 7.59. The predicted molar refractivity (Wildman–Crippen MR) is 105 cm³/mol. The second-order valence-corrected chi connectivity index (χ2v) is 11.3. The van der Waals surface area contributed by atoms with Crippen molar-refractivity contribution in [2.24, 2.45) is 22.7 Å². The first kappa shape index (κ1) is 20.4. The maximum absolute atomic E-state index is 13.0. The molecule has 6 heteroatoms. The zero-order valence-electron chi connectivity index (χ0n) is 16.1. The number of rotatable bonds is 3. The van der Waals surface area contributed by atoms with Crippen LogP contribution in [0, 0.1) is 22.7 Å². The van der Waals surface area contributed by atoms with Crippen molar-refractivity contribution in [3.05, 3.63) is 21.3 Å². The fraction of sp³-hybridized carbons (Fsp3) is 0.619. The van der Waals surface area contributed by atoms with Crippen molar-refractivity contribution in [3.63, 3.8) is 0 Å². The van der Waals surface area contributed by atoms with E-state index in [0.717, 1.165) is 0 Å². The fourth-order valence-electron chi connectivity index (χ4n) is 4.64. The van der Waals surface area contributed by atoms with E-state index >= 15 is 0 Å². The van der Waals surface area contributed by atoms with Crippen molar-refractivity contribution in [1.82, 2.24) is 0 Å². The molecule has 0 atom stereocenters. The maximum atomic E-state index is 13.0. The van der Waals surface area contributed by atoms with Crippen molar-refractivity contribution < 1.29 is 19.2 Å². The lowest BCUT2D eigenvalue weighted by Gasteiger charge is -2.40. The van der Waals surface area contributed by atoms with Gasteiger partial charge in [0.15, 0.2) is 0 Å². The monoisotopic (exact) mass is 408 g/mol.